The molecule has 0 aliphatic heterocycles. The van der Waals surface area contributed by atoms with Gasteiger partial charge >= 0.3 is 0 Å². The third-order valence-electron chi connectivity index (χ3n) is 4.14. The van der Waals surface area contributed by atoms with Gasteiger partial charge in [0.05, 0.1) is 12.7 Å². The molecule has 0 spiro atoms. The number of hydrogen-bond donors (Lipinski definition) is 2. The second-order valence-corrected chi connectivity index (χ2v) is 7.52. The van der Waals surface area contributed by atoms with E-state index in [0.29, 0.717) is 32.1 Å². The Morgan fingerprint density at radius 1 is 0.967 bits per heavy atom. The topological polar surface area (TPSA) is 67.4 Å². The molecule has 0 unspecified atom stereocenters. The van der Waals surface area contributed by atoms with Gasteiger partial charge in [-0.05, 0) is 76.1 Å². The van der Waals surface area contributed by atoms with Crippen molar-refractivity contribution in [2.24, 2.45) is 0 Å². The first-order valence-electron chi connectivity index (χ1n) is 8.95. The highest BCUT2D eigenvalue weighted by Gasteiger charge is 2.16. The fourth-order valence-electron chi connectivity index (χ4n) is 2.59. The summed E-state index contributed by atoms with van der Waals surface area (Å²) in [5, 5.41) is 6.06. The Morgan fingerprint density at radius 2 is 1.63 bits per heavy atom. The van der Waals surface area contributed by atoms with Crippen molar-refractivity contribution in [2.75, 3.05) is 12.4 Å². The van der Waals surface area contributed by atoms with Crippen LogP contribution in [0.3, 0.4) is 0 Å². The number of benzene rings is 3. The molecular formula is C23H18BrClN2O3. The number of methoxy groups -OCH3 is 1. The molecule has 0 aromatic heterocycles. The lowest BCUT2D eigenvalue weighted by Crippen LogP contribution is -2.31. The van der Waals surface area contributed by atoms with Gasteiger partial charge in [-0.15, -0.1) is 0 Å². The number of halogens is 2. The van der Waals surface area contributed by atoms with Crippen LogP contribution in [0.4, 0.5) is 5.69 Å². The van der Waals surface area contributed by atoms with E-state index in [2.05, 4.69) is 26.6 Å². The van der Waals surface area contributed by atoms with Gasteiger partial charge < -0.3 is 15.4 Å². The number of carbonyl (C=O) groups excluding carboxylic acids is 2. The molecule has 30 heavy (non-hydrogen) atoms. The summed E-state index contributed by atoms with van der Waals surface area (Å²) in [4.78, 5) is 25.7. The second kappa shape index (κ2) is 10.1. The predicted octanol–water partition coefficient (Wildman–Crippen LogP) is 5.52. The predicted molar refractivity (Wildman–Crippen MR) is 123 cm³/mol. The third kappa shape index (κ3) is 5.72. The van der Waals surface area contributed by atoms with Crippen LogP contribution in [-0.2, 0) is 4.79 Å². The zero-order chi connectivity index (χ0) is 21.5. The van der Waals surface area contributed by atoms with Gasteiger partial charge in [-0.25, -0.2) is 0 Å². The molecule has 3 rings (SSSR count). The lowest BCUT2D eigenvalue weighted by atomic mass is 10.1. The lowest BCUT2D eigenvalue weighted by molar-refractivity contribution is -0.113. The first-order valence-corrected chi connectivity index (χ1v) is 10.1. The Balaban J connectivity index is 1.88. The normalized spacial score (nSPS) is 11.0. The van der Waals surface area contributed by atoms with Crippen LogP contribution in [-0.4, -0.2) is 18.9 Å². The summed E-state index contributed by atoms with van der Waals surface area (Å²) in [6, 6.07) is 20.8. The minimum atomic E-state index is -0.462. The van der Waals surface area contributed by atoms with E-state index in [1.54, 1.807) is 79.9 Å². The Hall–Kier alpha value is -3.09. The van der Waals surface area contributed by atoms with Crippen LogP contribution in [0.1, 0.15) is 15.9 Å². The first-order chi connectivity index (χ1) is 14.5. The molecule has 0 aliphatic rings. The van der Waals surface area contributed by atoms with E-state index >= 15 is 0 Å². The molecule has 3 aromatic carbocycles. The first kappa shape index (κ1) is 21.6. The Kier molecular flexibility index (Phi) is 7.27. The summed E-state index contributed by atoms with van der Waals surface area (Å²) in [7, 11) is 1.57. The molecule has 152 valence electrons. The van der Waals surface area contributed by atoms with E-state index in [0.717, 1.165) is 0 Å². The second-order valence-electron chi connectivity index (χ2n) is 6.23. The fraction of sp³-hybridized carbons (Fsp3) is 0.0435. The Morgan fingerprint density at radius 3 is 2.27 bits per heavy atom. The molecule has 0 saturated heterocycles. The van der Waals surface area contributed by atoms with Crippen molar-refractivity contribution in [3.05, 3.63) is 99.1 Å². The summed E-state index contributed by atoms with van der Waals surface area (Å²) < 4.78 is 5.76. The summed E-state index contributed by atoms with van der Waals surface area (Å²) in [5.41, 5.74) is 1.79. The van der Waals surface area contributed by atoms with Crippen LogP contribution in [0.25, 0.3) is 6.08 Å². The zero-order valence-electron chi connectivity index (χ0n) is 16.0. The quantitative estimate of drug-likeness (QED) is 0.452. The zero-order valence-corrected chi connectivity index (χ0v) is 18.3. The molecule has 0 bridgehead atoms. The number of anilines is 1. The number of nitrogens with one attached hydrogen (secondary N) is 2. The van der Waals surface area contributed by atoms with Crippen LogP contribution in [0.2, 0.25) is 5.02 Å². The molecule has 0 atom stereocenters. The SMILES string of the molecule is COc1ccc(NC(=O)C(=Cc2ccc(Cl)cc2)NC(=O)c2ccccc2Br)cc1. The van der Waals surface area contributed by atoms with Crippen molar-refractivity contribution >= 4 is 51.1 Å². The number of amides is 2. The molecule has 5 nitrogen and oxygen atoms in total. The molecule has 0 aliphatic carbocycles. The third-order valence-corrected chi connectivity index (χ3v) is 5.08. The Bertz CT molecular complexity index is 1080. The standard InChI is InChI=1S/C23H18BrClN2O3/c1-30-18-12-10-17(11-13-18)26-23(29)21(14-15-6-8-16(25)9-7-15)27-22(28)19-4-2-3-5-20(19)24/h2-14H,1H3,(H,26,29)(H,27,28). The molecule has 0 saturated carbocycles. The monoisotopic (exact) mass is 484 g/mol. The number of hydrogen-bond acceptors (Lipinski definition) is 3. The molecule has 3 aromatic rings. The van der Waals surface area contributed by atoms with Crippen molar-refractivity contribution in [3.63, 3.8) is 0 Å². The number of carbonyl (C=O) groups is 2. The minimum absolute atomic E-state index is 0.0916. The van der Waals surface area contributed by atoms with E-state index < -0.39 is 11.8 Å². The average molecular weight is 486 g/mol. The highest BCUT2D eigenvalue weighted by atomic mass is 79.9. The number of ether oxygens (including phenoxy) is 1. The molecule has 0 fully saturated rings. The largest absolute Gasteiger partial charge is 0.497 e. The fourth-order valence-corrected chi connectivity index (χ4v) is 3.18. The van der Waals surface area contributed by atoms with E-state index in [1.165, 1.54) is 0 Å². The number of rotatable bonds is 6. The minimum Gasteiger partial charge on any atom is -0.497 e. The van der Waals surface area contributed by atoms with E-state index in [-0.39, 0.29) is 5.70 Å². The summed E-state index contributed by atoms with van der Waals surface area (Å²) in [6.45, 7) is 0. The molecule has 0 radical (unpaired) electrons. The molecular weight excluding hydrogens is 468 g/mol. The molecule has 2 amide bonds. The van der Waals surface area contributed by atoms with E-state index in [1.807, 2.05) is 6.07 Å². The van der Waals surface area contributed by atoms with Gasteiger partial charge in [-0.1, -0.05) is 35.9 Å². The van der Waals surface area contributed by atoms with Crippen molar-refractivity contribution in [2.45, 2.75) is 0 Å². The summed E-state index contributed by atoms with van der Waals surface area (Å²) in [6.07, 6.45) is 1.59. The summed E-state index contributed by atoms with van der Waals surface area (Å²) >= 11 is 9.30. The van der Waals surface area contributed by atoms with Gasteiger partial charge in [0.25, 0.3) is 11.8 Å². The van der Waals surface area contributed by atoms with Gasteiger partial charge in [-0.3, -0.25) is 9.59 Å². The van der Waals surface area contributed by atoms with Gasteiger partial charge in [-0.2, -0.15) is 0 Å². The maximum Gasteiger partial charge on any atom is 0.272 e. The highest BCUT2D eigenvalue weighted by Crippen LogP contribution is 2.19. The van der Waals surface area contributed by atoms with Crippen LogP contribution in [0.5, 0.6) is 5.75 Å². The van der Waals surface area contributed by atoms with Crippen LogP contribution < -0.4 is 15.4 Å². The van der Waals surface area contributed by atoms with Crippen LogP contribution >= 0.6 is 27.5 Å². The van der Waals surface area contributed by atoms with Gasteiger partial charge in [0, 0.05) is 15.2 Å². The lowest BCUT2D eigenvalue weighted by Gasteiger charge is -2.12. The smallest absolute Gasteiger partial charge is 0.272 e. The van der Waals surface area contributed by atoms with E-state index in [4.69, 9.17) is 16.3 Å². The van der Waals surface area contributed by atoms with Crippen molar-refractivity contribution < 1.29 is 14.3 Å². The molecule has 0 heterocycles. The molecule has 2 N–H and O–H groups in total. The highest BCUT2D eigenvalue weighted by molar-refractivity contribution is 9.10. The maximum atomic E-state index is 12.9. The maximum absolute atomic E-state index is 12.9. The van der Waals surface area contributed by atoms with Gasteiger partial charge in [0.1, 0.15) is 11.4 Å². The molecule has 7 heteroatoms. The van der Waals surface area contributed by atoms with Crippen molar-refractivity contribution in [3.8, 4) is 5.75 Å². The van der Waals surface area contributed by atoms with Crippen LogP contribution in [0.15, 0.2) is 83.0 Å². The average Bonchev–Trinajstić information content (AvgIpc) is 2.75. The van der Waals surface area contributed by atoms with Crippen LogP contribution in [0, 0.1) is 0 Å². The Labute approximate surface area is 187 Å². The van der Waals surface area contributed by atoms with Crippen molar-refractivity contribution in [1.29, 1.82) is 0 Å². The van der Waals surface area contributed by atoms with Gasteiger partial charge in [0.2, 0.25) is 0 Å². The van der Waals surface area contributed by atoms with Gasteiger partial charge in [0.15, 0.2) is 0 Å². The van der Waals surface area contributed by atoms with Crippen molar-refractivity contribution in [1.82, 2.24) is 5.32 Å². The van der Waals surface area contributed by atoms with E-state index in [9.17, 15) is 9.59 Å². The summed E-state index contributed by atoms with van der Waals surface area (Å²) in [5.74, 6) is -0.199.